The van der Waals surface area contributed by atoms with Gasteiger partial charge in [-0.2, -0.15) is 0 Å². The molecule has 0 aromatic carbocycles. The van der Waals surface area contributed by atoms with E-state index in [4.69, 9.17) is 5.73 Å². The number of thioether (sulfide) groups is 1. The Bertz CT molecular complexity index is 75.0. The second kappa shape index (κ2) is 10.4. The average molecular weight is 391 g/mol. The van der Waals surface area contributed by atoms with Crippen LogP contribution in [0.3, 0.4) is 0 Å². The Morgan fingerprint density at radius 2 is 2.20 bits per heavy atom. The van der Waals surface area contributed by atoms with Crippen molar-refractivity contribution in [3.8, 4) is 0 Å². The van der Waals surface area contributed by atoms with Gasteiger partial charge in [0.25, 0.3) is 0 Å². The van der Waals surface area contributed by atoms with Gasteiger partial charge in [-0.3, -0.25) is 0 Å². The van der Waals surface area contributed by atoms with Crippen LogP contribution in [0.4, 0.5) is 0 Å². The van der Waals surface area contributed by atoms with Gasteiger partial charge in [0.15, 0.2) is 0 Å². The smallest absolute Gasteiger partial charge is 0.128 e. The zero-order valence-electron chi connectivity index (χ0n) is 5.41. The second-order valence-electron chi connectivity index (χ2n) is 1.39. The molecule has 1 rings (SSSR count). The molecule has 3 N–H and O–H groups in total. The molecule has 1 aliphatic rings. The molecule has 0 aromatic heterocycles. The molecule has 1 heterocycles. The molecular formula is C4H10BiN2S3. The Kier molecular flexibility index (Phi) is 14.6. The van der Waals surface area contributed by atoms with E-state index in [1.165, 1.54) is 18.2 Å². The molecule has 0 unspecified atom stereocenters. The summed E-state index contributed by atoms with van der Waals surface area (Å²) < 4.78 is 0.194. The second-order valence-corrected chi connectivity index (χ2v) is 3.72. The van der Waals surface area contributed by atoms with E-state index in [0.717, 1.165) is 0 Å². The average Bonchev–Trinajstić information content (AvgIpc) is 2.11. The van der Waals surface area contributed by atoms with Crippen LogP contribution in [0.5, 0.6) is 0 Å². The molecule has 0 bridgehead atoms. The summed E-state index contributed by atoms with van der Waals surface area (Å²) >= 11 is 9.62. The van der Waals surface area contributed by atoms with Crippen molar-refractivity contribution >= 4 is 67.1 Å². The minimum absolute atomic E-state index is 0. The number of nitrogens with one attached hydrogen (secondary N) is 1. The van der Waals surface area contributed by atoms with Gasteiger partial charge in [-0.1, -0.05) is 12.2 Å². The number of thiocarbonyl (C=S) groups is 1. The van der Waals surface area contributed by atoms with E-state index in [1.807, 2.05) is 11.8 Å². The summed E-state index contributed by atoms with van der Waals surface area (Å²) in [7, 11) is 0. The van der Waals surface area contributed by atoms with Gasteiger partial charge in [0.05, 0.1) is 0 Å². The molecule has 0 atom stereocenters. The predicted octanol–water partition coefficient (Wildman–Crippen LogP) is 0.0593. The van der Waals surface area contributed by atoms with Crippen molar-refractivity contribution in [2.24, 2.45) is 5.73 Å². The number of thiol groups is 1. The quantitative estimate of drug-likeness (QED) is 0.310. The van der Waals surface area contributed by atoms with Gasteiger partial charge >= 0.3 is 0 Å². The summed E-state index contributed by atoms with van der Waals surface area (Å²) in [6.45, 7) is 1.21. The normalized spacial score (nSPS) is 14.5. The molecule has 0 amide bonds. The largest absolute Gasteiger partial charge is 0.385 e. The van der Waals surface area contributed by atoms with Gasteiger partial charge in [0.1, 0.15) is 4.32 Å². The summed E-state index contributed by atoms with van der Waals surface area (Å²) in [5, 5.41) is 3.19. The SMILES string of the molecule is C1CSCN1.NC(=S)S.[Bi]. The summed E-state index contributed by atoms with van der Waals surface area (Å²) in [5.41, 5.74) is 4.71. The third kappa shape index (κ3) is 16.2. The van der Waals surface area contributed by atoms with E-state index >= 15 is 0 Å². The van der Waals surface area contributed by atoms with Crippen molar-refractivity contribution in [2.75, 3.05) is 18.2 Å². The molecular weight excluding hydrogens is 381 g/mol. The topological polar surface area (TPSA) is 38.0 Å². The van der Waals surface area contributed by atoms with Gasteiger partial charge in [0.2, 0.25) is 0 Å². The molecule has 2 nitrogen and oxygen atoms in total. The summed E-state index contributed by atoms with van der Waals surface area (Å²) in [4.78, 5) is 0. The van der Waals surface area contributed by atoms with Gasteiger partial charge in [-0.25, -0.2) is 0 Å². The number of nitrogens with two attached hydrogens (primary N) is 1. The Hall–Kier alpha value is 1.43. The molecule has 1 aliphatic heterocycles. The van der Waals surface area contributed by atoms with Crippen molar-refractivity contribution in [3.63, 3.8) is 0 Å². The van der Waals surface area contributed by atoms with Crippen molar-refractivity contribution in [3.05, 3.63) is 0 Å². The maximum Gasteiger partial charge on any atom is 0.128 e. The summed E-state index contributed by atoms with van der Waals surface area (Å²) in [6, 6.07) is 0. The first kappa shape index (κ1) is 14.0. The van der Waals surface area contributed by atoms with Gasteiger partial charge < -0.3 is 11.1 Å². The molecule has 1 fully saturated rings. The fourth-order valence-electron chi connectivity index (χ4n) is 0.361. The first-order valence-corrected chi connectivity index (χ1v) is 4.51. The van der Waals surface area contributed by atoms with Gasteiger partial charge in [-0.05, 0) is 0 Å². The zero-order valence-corrected chi connectivity index (χ0v) is 11.4. The molecule has 0 aromatic rings. The van der Waals surface area contributed by atoms with Crippen molar-refractivity contribution in [1.82, 2.24) is 5.32 Å². The molecule has 3 radical (unpaired) electrons. The Labute approximate surface area is 95.6 Å². The van der Waals surface area contributed by atoms with E-state index in [2.05, 4.69) is 30.2 Å². The maximum absolute atomic E-state index is 4.71. The standard InChI is InChI=1S/C3H7NS.CH3NS2.Bi/c1-2-5-3-4-1;2-1(3)4;/h4H,1-3H2;(H3,2,3,4);. The fraction of sp³-hybridized carbons (Fsp3) is 0.750. The maximum atomic E-state index is 4.71. The van der Waals surface area contributed by atoms with Crippen LogP contribution in [0.2, 0.25) is 0 Å². The third-order valence-corrected chi connectivity index (χ3v) is 1.53. The van der Waals surface area contributed by atoms with Crippen LogP contribution < -0.4 is 11.1 Å². The molecule has 0 spiro atoms. The van der Waals surface area contributed by atoms with Crippen LogP contribution in [-0.2, 0) is 0 Å². The minimum Gasteiger partial charge on any atom is -0.385 e. The third-order valence-electron chi connectivity index (χ3n) is 0.627. The van der Waals surface area contributed by atoms with Crippen LogP contribution >= 0.6 is 36.6 Å². The van der Waals surface area contributed by atoms with Gasteiger partial charge in [-0.15, -0.1) is 24.4 Å². The van der Waals surface area contributed by atoms with E-state index in [0.29, 0.717) is 0 Å². The van der Waals surface area contributed by atoms with Crippen LogP contribution in [0.15, 0.2) is 0 Å². The monoisotopic (exact) mass is 391 g/mol. The van der Waals surface area contributed by atoms with Crippen LogP contribution in [-0.4, -0.2) is 48.7 Å². The zero-order chi connectivity index (χ0) is 7.11. The molecule has 1 saturated heterocycles. The molecule has 0 saturated carbocycles. The van der Waals surface area contributed by atoms with Crippen molar-refractivity contribution in [1.29, 1.82) is 0 Å². The fourth-order valence-corrected chi connectivity index (χ4v) is 1.08. The number of hydrogen-bond acceptors (Lipinski definition) is 3. The predicted molar refractivity (Wildman–Crippen MR) is 56.9 cm³/mol. The van der Waals surface area contributed by atoms with Crippen LogP contribution in [0, 0.1) is 0 Å². The van der Waals surface area contributed by atoms with Crippen LogP contribution in [0.1, 0.15) is 0 Å². The summed E-state index contributed by atoms with van der Waals surface area (Å²) in [6.07, 6.45) is 0. The Balaban J connectivity index is 0. The van der Waals surface area contributed by atoms with Crippen molar-refractivity contribution < 1.29 is 0 Å². The van der Waals surface area contributed by atoms with Gasteiger partial charge in [0, 0.05) is 44.4 Å². The molecule has 0 aliphatic carbocycles. The number of hydrogen-bond donors (Lipinski definition) is 3. The van der Waals surface area contributed by atoms with Crippen molar-refractivity contribution in [2.45, 2.75) is 0 Å². The molecule has 59 valence electrons. The van der Waals surface area contributed by atoms with E-state index in [1.54, 1.807) is 0 Å². The van der Waals surface area contributed by atoms with E-state index in [9.17, 15) is 0 Å². The van der Waals surface area contributed by atoms with Crippen LogP contribution in [0.25, 0.3) is 0 Å². The number of rotatable bonds is 0. The van der Waals surface area contributed by atoms with E-state index < -0.39 is 0 Å². The summed E-state index contributed by atoms with van der Waals surface area (Å²) in [5.74, 6) is 2.47. The van der Waals surface area contributed by atoms with E-state index in [-0.39, 0.29) is 30.5 Å². The minimum atomic E-state index is 0. The Morgan fingerprint density at radius 1 is 1.70 bits per heavy atom. The first-order chi connectivity index (χ1) is 4.23. The first-order valence-electron chi connectivity index (χ1n) is 2.50. The Morgan fingerprint density at radius 3 is 2.30 bits per heavy atom. The molecule has 10 heavy (non-hydrogen) atoms. The molecule has 6 heteroatoms.